The maximum absolute atomic E-state index is 12.3. The first kappa shape index (κ1) is 21.8. The highest BCUT2D eigenvalue weighted by atomic mass is 16.2. The Morgan fingerprint density at radius 2 is 1.82 bits per heavy atom. The second kappa shape index (κ2) is 9.83. The third-order valence-electron chi connectivity index (χ3n) is 6.83. The zero-order valence-corrected chi connectivity index (χ0v) is 19.4. The number of aromatic nitrogens is 3. The maximum Gasteiger partial charge on any atom is 0.225 e. The third-order valence-corrected chi connectivity index (χ3v) is 6.83. The summed E-state index contributed by atoms with van der Waals surface area (Å²) in [5.41, 5.74) is 3.37. The van der Waals surface area contributed by atoms with Gasteiger partial charge >= 0.3 is 0 Å². The Morgan fingerprint density at radius 1 is 0.970 bits per heavy atom. The fraction of sp³-hybridized carbons (Fsp3) is 0.462. The zero-order chi connectivity index (χ0) is 22.6. The van der Waals surface area contributed by atoms with Crippen molar-refractivity contribution in [1.29, 1.82) is 0 Å². The van der Waals surface area contributed by atoms with Crippen LogP contribution in [0.2, 0.25) is 0 Å². The number of nitrogens with zero attached hydrogens (tertiary/aromatic N) is 6. The van der Waals surface area contributed by atoms with Gasteiger partial charge in [0.25, 0.3) is 0 Å². The molecule has 3 aromatic rings. The van der Waals surface area contributed by atoms with E-state index in [9.17, 15) is 4.79 Å². The first-order chi connectivity index (χ1) is 16.2. The minimum Gasteiger partial charge on any atom is -0.341 e. The summed E-state index contributed by atoms with van der Waals surface area (Å²) in [6.45, 7) is 7.85. The number of amides is 1. The predicted molar refractivity (Wildman–Crippen MR) is 130 cm³/mol. The SMILES string of the molecule is CC(=O)N1CCN(Cc2ccnc(N3CCCC3)n2)CC(Cc2cccc3cccnc23)C1. The van der Waals surface area contributed by atoms with Crippen molar-refractivity contribution in [2.24, 2.45) is 5.92 Å². The number of fused-ring (bicyclic) bond motifs is 1. The monoisotopic (exact) mass is 444 g/mol. The molecule has 0 radical (unpaired) electrons. The molecule has 1 amide bonds. The zero-order valence-electron chi connectivity index (χ0n) is 19.4. The Balaban J connectivity index is 1.34. The van der Waals surface area contributed by atoms with Crippen LogP contribution < -0.4 is 4.90 Å². The minimum atomic E-state index is 0.149. The van der Waals surface area contributed by atoms with Crippen LogP contribution in [0.1, 0.15) is 31.0 Å². The average molecular weight is 445 g/mol. The lowest BCUT2D eigenvalue weighted by Gasteiger charge is -2.24. The number of carbonyl (C=O) groups excluding carboxylic acids is 1. The molecule has 1 unspecified atom stereocenters. The largest absolute Gasteiger partial charge is 0.341 e. The molecule has 0 spiro atoms. The number of benzene rings is 1. The second-order valence-electron chi connectivity index (χ2n) is 9.30. The van der Waals surface area contributed by atoms with Crippen LogP contribution in [0.5, 0.6) is 0 Å². The summed E-state index contributed by atoms with van der Waals surface area (Å²) in [5, 5.41) is 1.17. The molecule has 2 aromatic heterocycles. The Morgan fingerprint density at radius 3 is 2.67 bits per heavy atom. The molecule has 172 valence electrons. The summed E-state index contributed by atoms with van der Waals surface area (Å²) in [7, 11) is 0. The van der Waals surface area contributed by atoms with Gasteiger partial charge in [-0.05, 0) is 42.9 Å². The highest BCUT2D eigenvalue weighted by Crippen LogP contribution is 2.23. The number of pyridine rings is 1. The fourth-order valence-electron chi connectivity index (χ4n) is 5.15. The lowest BCUT2D eigenvalue weighted by Crippen LogP contribution is -2.34. The molecule has 4 heterocycles. The van der Waals surface area contributed by atoms with Crippen LogP contribution in [-0.4, -0.2) is 69.9 Å². The molecule has 7 nitrogen and oxygen atoms in total. The van der Waals surface area contributed by atoms with Crippen molar-refractivity contribution < 1.29 is 4.79 Å². The van der Waals surface area contributed by atoms with Gasteiger partial charge in [-0.2, -0.15) is 0 Å². The van der Waals surface area contributed by atoms with Crippen LogP contribution in [0, 0.1) is 5.92 Å². The predicted octanol–water partition coefficient (Wildman–Crippen LogP) is 3.15. The van der Waals surface area contributed by atoms with E-state index in [-0.39, 0.29) is 5.91 Å². The van der Waals surface area contributed by atoms with E-state index >= 15 is 0 Å². The van der Waals surface area contributed by atoms with E-state index in [4.69, 9.17) is 4.98 Å². The summed E-state index contributed by atoms with van der Waals surface area (Å²) in [4.78, 5) is 33.0. The molecule has 2 aliphatic rings. The summed E-state index contributed by atoms with van der Waals surface area (Å²) >= 11 is 0. The van der Waals surface area contributed by atoms with Crippen molar-refractivity contribution in [3.05, 3.63) is 60.0 Å². The molecule has 2 saturated heterocycles. The lowest BCUT2D eigenvalue weighted by molar-refractivity contribution is -0.129. The number of hydrogen-bond acceptors (Lipinski definition) is 6. The number of para-hydroxylation sites is 1. The minimum absolute atomic E-state index is 0.149. The molecule has 5 rings (SSSR count). The molecular formula is C26H32N6O. The molecule has 1 aromatic carbocycles. The Kier molecular flexibility index (Phi) is 6.48. The van der Waals surface area contributed by atoms with Crippen LogP contribution in [0.4, 0.5) is 5.95 Å². The van der Waals surface area contributed by atoms with E-state index in [0.717, 1.165) is 69.4 Å². The molecule has 7 heteroatoms. The summed E-state index contributed by atoms with van der Waals surface area (Å²) in [6, 6.07) is 12.5. The maximum atomic E-state index is 12.3. The standard InChI is InChI=1S/C26H32N6O/c1-20(33)32-15-14-30(19-24-9-11-28-26(29-24)31-12-2-3-13-31)17-21(18-32)16-23-7-4-6-22-8-5-10-27-25(22)23/h4-11,21H,2-3,12-19H2,1H3. The molecule has 0 N–H and O–H groups in total. The quantitative estimate of drug-likeness (QED) is 0.602. The molecule has 33 heavy (non-hydrogen) atoms. The Hall–Kier alpha value is -3.06. The van der Waals surface area contributed by atoms with Crippen LogP contribution in [0.15, 0.2) is 48.8 Å². The van der Waals surface area contributed by atoms with Gasteiger partial charge in [0.15, 0.2) is 0 Å². The van der Waals surface area contributed by atoms with Gasteiger partial charge in [0.05, 0.1) is 11.2 Å². The van der Waals surface area contributed by atoms with Crippen LogP contribution in [0.3, 0.4) is 0 Å². The Labute approximate surface area is 195 Å². The normalized spacial score (nSPS) is 19.7. The van der Waals surface area contributed by atoms with Crippen LogP contribution in [-0.2, 0) is 17.8 Å². The average Bonchev–Trinajstić information content (AvgIpc) is 3.29. The van der Waals surface area contributed by atoms with Crippen molar-refractivity contribution in [1.82, 2.24) is 24.8 Å². The van der Waals surface area contributed by atoms with E-state index < -0.39 is 0 Å². The van der Waals surface area contributed by atoms with Gasteiger partial charge in [-0.3, -0.25) is 14.7 Å². The van der Waals surface area contributed by atoms with E-state index in [0.29, 0.717) is 5.92 Å². The fourth-order valence-corrected chi connectivity index (χ4v) is 5.15. The molecule has 0 saturated carbocycles. The highest BCUT2D eigenvalue weighted by molar-refractivity contribution is 5.81. The number of hydrogen-bond donors (Lipinski definition) is 0. The molecule has 0 bridgehead atoms. The topological polar surface area (TPSA) is 65.5 Å². The molecule has 1 atom stereocenters. The van der Waals surface area contributed by atoms with E-state index in [1.165, 1.54) is 23.8 Å². The van der Waals surface area contributed by atoms with Crippen molar-refractivity contribution in [3.8, 4) is 0 Å². The number of carbonyl (C=O) groups is 1. The van der Waals surface area contributed by atoms with Gasteiger partial charge in [0, 0.05) is 70.5 Å². The van der Waals surface area contributed by atoms with Gasteiger partial charge in [-0.15, -0.1) is 0 Å². The van der Waals surface area contributed by atoms with Gasteiger partial charge in [0.1, 0.15) is 0 Å². The molecule has 2 aliphatic heterocycles. The second-order valence-corrected chi connectivity index (χ2v) is 9.30. The number of anilines is 1. The van der Waals surface area contributed by atoms with E-state index in [1.54, 1.807) is 6.92 Å². The molecule has 2 fully saturated rings. The van der Waals surface area contributed by atoms with Crippen LogP contribution in [0.25, 0.3) is 10.9 Å². The van der Waals surface area contributed by atoms with Crippen molar-refractivity contribution >= 4 is 22.8 Å². The summed E-state index contributed by atoms with van der Waals surface area (Å²) in [5.74, 6) is 1.34. The third kappa shape index (κ3) is 5.14. The van der Waals surface area contributed by atoms with Crippen LogP contribution >= 0.6 is 0 Å². The summed E-state index contributed by atoms with van der Waals surface area (Å²) in [6.07, 6.45) is 7.07. The smallest absolute Gasteiger partial charge is 0.225 e. The lowest BCUT2D eigenvalue weighted by atomic mass is 9.96. The van der Waals surface area contributed by atoms with Crippen molar-refractivity contribution in [3.63, 3.8) is 0 Å². The first-order valence-corrected chi connectivity index (χ1v) is 12.0. The van der Waals surface area contributed by atoms with Gasteiger partial charge in [-0.25, -0.2) is 9.97 Å². The summed E-state index contributed by atoms with van der Waals surface area (Å²) < 4.78 is 0. The first-order valence-electron chi connectivity index (χ1n) is 12.0. The number of rotatable bonds is 5. The van der Waals surface area contributed by atoms with Gasteiger partial charge in [0.2, 0.25) is 11.9 Å². The van der Waals surface area contributed by atoms with Crippen molar-refractivity contribution in [2.45, 2.75) is 32.7 Å². The molecule has 0 aliphatic carbocycles. The Bertz CT molecular complexity index is 1110. The highest BCUT2D eigenvalue weighted by Gasteiger charge is 2.26. The van der Waals surface area contributed by atoms with Gasteiger partial charge < -0.3 is 9.80 Å². The van der Waals surface area contributed by atoms with Gasteiger partial charge in [-0.1, -0.05) is 24.3 Å². The van der Waals surface area contributed by atoms with E-state index in [2.05, 4.69) is 44.0 Å². The molecular weight excluding hydrogens is 412 g/mol. The van der Waals surface area contributed by atoms with E-state index in [1.807, 2.05) is 29.4 Å². The van der Waals surface area contributed by atoms with Crippen molar-refractivity contribution in [2.75, 3.05) is 44.2 Å².